The van der Waals surface area contributed by atoms with Crippen molar-refractivity contribution < 1.29 is 4.74 Å². The summed E-state index contributed by atoms with van der Waals surface area (Å²) < 4.78 is 5.79. The second kappa shape index (κ2) is 5.90. The van der Waals surface area contributed by atoms with Crippen molar-refractivity contribution in [3.8, 4) is 5.75 Å². The molecule has 2 heteroatoms. The lowest BCUT2D eigenvalue weighted by Crippen LogP contribution is -2.05. The molecular formula is C14H23NO. The Hall–Kier alpha value is -1.02. The highest BCUT2D eigenvalue weighted by molar-refractivity contribution is 5.43. The molecule has 2 nitrogen and oxygen atoms in total. The molecule has 0 aliphatic heterocycles. The van der Waals surface area contributed by atoms with Crippen LogP contribution in [-0.2, 0) is 6.54 Å². The van der Waals surface area contributed by atoms with Crippen LogP contribution in [-0.4, -0.2) is 6.61 Å². The van der Waals surface area contributed by atoms with E-state index < -0.39 is 0 Å². The van der Waals surface area contributed by atoms with Crippen molar-refractivity contribution in [2.24, 2.45) is 5.73 Å². The summed E-state index contributed by atoms with van der Waals surface area (Å²) in [6, 6.07) is 4.30. The predicted octanol–water partition coefficient (Wildman–Crippen LogP) is 3.37. The minimum Gasteiger partial charge on any atom is -0.493 e. The van der Waals surface area contributed by atoms with Crippen LogP contribution in [0, 0.1) is 6.92 Å². The number of hydrogen-bond acceptors (Lipinski definition) is 2. The van der Waals surface area contributed by atoms with Crippen molar-refractivity contribution in [2.45, 2.75) is 46.6 Å². The van der Waals surface area contributed by atoms with Crippen LogP contribution < -0.4 is 10.5 Å². The van der Waals surface area contributed by atoms with Gasteiger partial charge >= 0.3 is 0 Å². The molecule has 0 amide bonds. The zero-order valence-electron chi connectivity index (χ0n) is 10.8. The SMILES string of the molecule is CCCOc1cc(C)c(CN)cc1C(C)C. The van der Waals surface area contributed by atoms with E-state index in [9.17, 15) is 0 Å². The van der Waals surface area contributed by atoms with Gasteiger partial charge in [-0.1, -0.05) is 26.8 Å². The van der Waals surface area contributed by atoms with Gasteiger partial charge in [-0.25, -0.2) is 0 Å². The van der Waals surface area contributed by atoms with Crippen molar-refractivity contribution in [2.75, 3.05) is 6.61 Å². The first-order chi connectivity index (χ1) is 7.60. The average molecular weight is 221 g/mol. The van der Waals surface area contributed by atoms with Gasteiger partial charge < -0.3 is 10.5 Å². The van der Waals surface area contributed by atoms with Crippen molar-refractivity contribution >= 4 is 0 Å². The van der Waals surface area contributed by atoms with Crippen LogP contribution in [0.1, 0.15) is 49.8 Å². The number of nitrogens with two attached hydrogens (primary N) is 1. The first-order valence-electron chi connectivity index (χ1n) is 6.06. The minimum absolute atomic E-state index is 0.470. The van der Waals surface area contributed by atoms with E-state index in [0.29, 0.717) is 12.5 Å². The molecular weight excluding hydrogens is 198 g/mol. The van der Waals surface area contributed by atoms with Crippen LogP contribution in [0.2, 0.25) is 0 Å². The molecule has 0 unspecified atom stereocenters. The first kappa shape index (κ1) is 13.0. The van der Waals surface area contributed by atoms with E-state index in [2.05, 4.69) is 39.8 Å². The quantitative estimate of drug-likeness (QED) is 0.827. The molecule has 90 valence electrons. The zero-order valence-corrected chi connectivity index (χ0v) is 10.8. The third-order valence-electron chi connectivity index (χ3n) is 2.77. The normalized spacial score (nSPS) is 10.9. The van der Waals surface area contributed by atoms with Crippen LogP contribution in [0.5, 0.6) is 5.75 Å². The van der Waals surface area contributed by atoms with Gasteiger partial charge in [0.15, 0.2) is 0 Å². The van der Waals surface area contributed by atoms with Gasteiger partial charge in [0.2, 0.25) is 0 Å². The molecule has 0 bridgehead atoms. The lowest BCUT2D eigenvalue weighted by Gasteiger charge is -2.17. The Bertz CT molecular complexity index is 345. The molecule has 0 atom stereocenters. The third-order valence-corrected chi connectivity index (χ3v) is 2.77. The van der Waals surface area contributed by atoms with Crippen molar-refractivity contribution in [3.63, 3.8) is 0 Å². The topological polar surface area (TPSA) is 35.2 Å². The molecule has 0 heterocycles. The van der Waals surface area contributed by atoms with Gasteiger partial charge in [-0.05, 0) is 42.0 Å². The first-order valence-corrected chi connectivity index (χ1v) is 6.06. The number of aryl methyl sites for hydroxylation is 1. The highest BCUT2D eigenvalue weighted by Gasteiger charge is 2.10. The maximum Gasteiger partial charge on any atom is 0.123 e. The summed E-state index contributed by atoms with van der Waals surface area (Å²) in [5.41, 5.74) is 9.43. The van der Waals surface area contributed by atoms with E-state index in [0.717, 1.165) is 18.8 Å². The summed E-state index contributed by atoms with van der Waals surface area (Å²) in [6.07, 6.45) is 1.04. The van der Waals surface area contributed by atoms with E-state index in [1.807, 2.05) is 0 Å². The summed E-state index contributed by atoms with van der Waals surface area (Å²) in [5.74, 6) is 1.49. The molecule has 2 N–H and O–H groups in total. The van der Waals surface area contributed by atoms with E-state index in [1.54, 1.807) is 0 Å². The fourth-order valence-corrected chi connectivity index (χ4v) is 1.75. The smallest absolute Gasteiger partial charge is 0.123 e. The lowest BCUT2D eigenvalue weighted by molar-refractivity contribution is 0.312. The zero-order chi connectivity index (χ0) is 12.1. The van der Waals surface area contributed by atoms with Crippen LogP contribution in [0.25, 0.3) is 0 Å². The maximum absolute atomic E-state index is 5.79. The minimum atomic E-state index is 0.470. The fourth-order valence-electron chi connectivity index (χ4n) is 1.75. The second-order valence-corrected chi connectivity index (χ2v) is 4.52. The van der Waals surface area contributed by atoms with Gasteiger partial charge in [-0.2, -0.15) is 0 Å². The van der Waals surface area contributed by atoms with E-state index in [1.165, 1.54) is 16.7 Å². The molecule has 0 saturated carbocycles. The Morgan fingerprint density at radius 1 is 1.31 bits per heavy atom. The monoisotopic (exact) mass is 221 g/mol. The van der Waals surface area contributed by atoms with Gasteiger partial charge in [-0.15, -0.1) is 0 Å². The highest BCUT2D eigenvalue weighted by Crippen LogP contribution is 2.29. The number of rotatable bonds is 5. The van der Waals surface area contributed by atoms with Crippen LogP contribution in [0.4, 0.5) is 0 Å². The molecule has 0 radical (unpaired) electrons. The summed E-state index contributed by atoms with van der Waals surface area (Å²) >= 11 is 0. The molecule has 0 aliphatic rings. The predicted molar refractivity (Wildman–Crippen MR) is 68.9 cm³/mol. The van der Waals surface area contributed by atoms with Gasteiger partial charge in [0, 0.05) is 6.54 Å². The average Bonchev–Trinajstić information content (AvgIpc) is 2.25. The van der Waals surface area contributed by atoms with Crippen LogP contribution in [0.15, 0.2) is 12.1 Å². The van der Waals surface area contributed by atoms with E-state index in [-0.39, 0.29) is 0 Å². The molecule has 0 aliphatic carbocycles. The van der Waals surface area contributed by atoms with E-state index in [4.69, 9.17) is 10.5 Å². The number of benzene rings is 1. The second-order valence-electron chi connectivity index (χ2n) is 4.52. The van der Waals surface area contributed by atoms with Gasteiger partial charge in [0.05, 0.1) is 6.61 Å². The van der Waals surface area contributed by atoms with Gasteiger partial charge in [0.25, 0.3) is 0 Å². The highest BCUT2D eigenvalue weighted by atomic mass is 16.5. The number of ether oxygens (including phenoxy) is 1. The molecule has 1 rings (SSSR count). The largest absolute Gasteiger partial charge is 0.493 e. The number of hydrogen-bond donors (Lipinski definition) is 1. The van der Waals surface area contributed by atoms with Crippen LogP contribution >= 0.6 is 0 Å². The Kier molecular flexibility index (Phi) is 4.81. The fraction of sp³-hybridized carbons (Fsp3) is 0.571. The summed E-state index contributed by atoms with van der Waals surface area (Å²) in [5, 5.41) is 0. The molecule has 0 spiro atoms. The van der Waals surface area contributed by atoms with Gasteiger partial charge in [0.1, 0.15) is 5.75 Å². The van der Waals surface area contributed by atoms with E-state index >= 15 is 0 Å². The maximum atomic E-state index is 5.79. The molecule has 0 aromatic heterocycles. The van der Waals surface area contributed by atoms with Crippen molar-refractivity contribution in [3.05, 3.63) is 28.8 Å². The van der Waals surface area contributed by atoms with Gasteiger partial charge in [-0.3, -0.25) is 0 Å². The molecule has 0 fully saturated rings. The molecule has 0 saturated heterocycles. The third kappa shape index (κ3) is 2.99. The molecule has 1 aromatic carbocycles. The van der Waals surface area contributed by atoms with Crippen molar-refractivity contribution in [1.29, 1.82) is 0 Å². The summed E-state index contributed by atoms with van der Waals surface area (Å²) in [7, 11) is 0. The van der Waals surface area contributed by atoms with Crippen LogP contribution in [0.3, 0.4) is 0 Å². The Morgan fingerprint density at radius 3 is 2.50 bits per heavy atom. The summed E-state index contributed by atoms with van der Waals surface area (Å²) in [6.45, 7) is 9.95. The molecule has 1 aromatic rings. The Morgan fingerprint density at radius 2 is 2.00 bits per heavy atom. The van der Waals surface area contributed by atoms with Crippen molar-refractivity contribution in [1.82, 2.24) is 0 Å². The molecule has 16 heavy (non-hydrogen) atoms. The lowest BCUT2D eigenvalue weighted by atomic mass is 9.96. The Balaban J connectivity index is 3.09. The standard InChI is InChI=1S/C14H23NO/c1-5-6-16-14-7-11(4)12(9-15)8-13(14)10(2)3/h7-8,10H,5-6,9,15H2,1-4H3. The Labute approximate surface area is 98.8 Å². The summed E-state index contributed by atoms with van der Waals surface area (Å²) in [4.78, 5) is 0.